The van der Waals surface area contributed by atoms with Crippen molar-refractivity contribution in [2.75, 3.05) is 18.4 Å². The molecule has 1 atom stereocenters. The highest BCUT2D eigenvalue weighted by Crippen LogP contribution is 2.32. The number of aromatic amines is 1. The molecule has 2 aromatic heterocycles. The number of hydrogen-bond acceptors (Lipinski definition) is 6. The first kappa shape index (κ1) is 16.7. The second-order valence-corrected chi connectivity index (χ2v) is 6.97. The van der Waals surface area contributed by atoms with Gasteiger partial charge in [-0.1, -0.05) is 18.2 Å². The molecule has 0 spiro atoms. The molecule has 1 saturated heterocycles. The Morgan fingerprint density at radius 2 is 2.00 bits per heavy atom. The number of nitrogens with one attached hydrogen (secondary N) is 3. The minimum Gasteiger partial charge on any atom is -0.507 e. The van der Waals surface area contributed by atoms with E-state index in [1.54, 1.807) is 18.3 Å². The third-order valence-electron chi connectivity index (χ3n) is 5.07. The lowest BCUT2D eigenvalue weighted by Gasteiger charge is -2.16. The Hall–Kier alpha value is -3.45. The minimum absolute atomic E-state index is 0.168. The first-order valence-corrected chi connectivity index (χ1v) is 9.34. The molecule has 5 rings (SSSR count). The van der Waals surface area contributed by atoms with Crippen LogP contribution in [0.25, 0.3) is 33.4 Å². The predicted octanol–water partition coefficient (Wildman–Crippen LogP) is 3.17. The maximum absolute atomic E-state index is 10.3. The second-order valence-electron chi connectivity index (χ2n) is 6.97. The van der Waals surface area contributed by atoms with Crippen LogP contribution in [0.15, 0.2) is 54.9 Å². The lowest BCUT2D eigenvalue weighted by molar-refractivity contribution is 0.477. The van der Waals surface area contributed by atoms with E-state index in [1.807, 2.05) is 36.5 Å². The van der Waals surface area contributed by atoms with Crippen LogP contribution in [0.1, 0.15) is 6.42 Å². The van der Waals surface area contributed by atoms with Gasteiger partial charge in [-0.05, 0) is 42.8 Å². The van der Waals surface area contributed by atoms with E-state index < -0.39 is 0 Å². The Kier molecular flexibility index (Phi) is 4.14. The zero-order valence-electron chi connectivity index (χ0n) is 15.2. The van der Waals surface area contributed by atoms with Crippen molar-refractivity contribution < 1.29 is 5.11 Å². The zero-order chi connectivity index (χ0) is 18.9. The van der Waals surface area contributed by atoms with Crippen LogP contribution in [0.4, 0.5) is 5.82 Å². The first-order valence-electron chi connectivity index (χ1n) is 9.34. The van der Waals surface area contributed by atoms with Crippen molar-refractivity contribution in [3.05, 3.63) is 54.9 Å². The molecule has 2 aromatic carbocycles. The standard InChI is InChI=1S/C21H20N6O/c28-19-4-2-1-3-17(19)21-26-18-9-13(14-10-23-24-11-14)5-6-16(18)20(27-21)25-15-7-8-22-12-15/h1-6,9-11,15,22,28H,7-8,12H2,(H,23,24)(H,25,26,27)/t15-/m0/s1. The number of fused-ring (bicyclic) bond motifs is 1. The number of H-pyrrole nitrogens is 1. The van der Waals surface area contributed by atoms with Crippen LogP contribution in [0.2, 0.25) is 0 Å². The molecule has 4 aromatic rings. The summed E-state index contributed by atoms with van der Waals surface area (Å²) in [5.74, 6) is 1.46. The summed E-state index contributed by atoms with van der Waals surface area (Å²) in [5.41, 5.74) is 3.46. The van der Waals surface area contributed by atoms with E-state index in [-0.39, 0.29) is 5.75 Å². The zero-order valence-corrected chi connectivity index (χ0v) is 15.2. The predicted molar refractivity (Wildman–Crippen MR) is 109 cm³/mol. The van der Waals surface area contributed by atoms with Gasteiger partial charge in [0.15, 0.2) is 5.82 Å². The third kappa shape index (κ3) is 3.05. The van der Waals surface area contributed by atoms with Crippen molar-refractivity contribution >= 4 is 16.7 Å². The van der Waals surface area contributed by atoms with Crippen molar-refractivity contribution in [1.82, 2.24) is 25.5 Å². The largest absolute Gasteiger partial charge is 0.507 e. The molecule has 0 bridgehead atoms. The average Bonchev–Trinajstić information content (AvgIpc) is 3.42. The number of para-hydroxylation sites is 1. The molecular weight excluding hydrogens is 352 g/mol. The topological polar surface area (TPSA) is 98.8 Å². The summed E-state index contributed by atoms with van der Waals surface area (Å²) < 4.78 is 0. The molecule has 0 amide bonds. The van der Waals surface area contributed by atoms with E-state index in [9.17, 15) is 5.11 Å². The van der Waals surface area contributed by atoms with E-state index in [0.29, 0.717) is 17.4 Å². The fourth-order valence-electron chi connectivity index (χ4n) is 3.58. The highest BCUT2D eigenvalue weighted by molar-refractivity contribution is 5.93. The van der Waals surface area contributed by atoms with E-state index >= 15 is 0 Å². The summed E-state index contributed by atoms with van der Waals surface area (Å²) in [4.78, 5) is 9.51. The number of phenolic OH excluding ortho intramolecular Hbond substituents is 1. The molecule has 1 fully saturated rings. The highest BCUT2D eigenvalue weighted by Gasteiger charge is 2.18. The third-order valence-corrected chi connectivity index (χ3v) is 5.07. The fraction of sp³-hybridized carbons (Fsp3) is 0.190. The quantitative estimate of drug-likeness (QED) is 0.439. The van der Waals surface area contributed by atoms with Crippen molar-refractivity contribution in [2.45, 2.75) is 12.5 Å². The molecule has 1 aliphatic rings. The molecule has 0 unspecified atom stereocenters. The molecule has 0 aliphatic carbocycles. The molecule has 28 heavy (non-hydrogen) atoms. The van der Waals surface area contributed by atoms with Crippen LogP contribution in [-0.4, -0.2) is 44.4 Å². The van der Waals surface area contributed by atoms with E-state index in [4.69, 9.17) is 9.97 Å². The molecule has 4 N–H and O–H groups in total. The summed E-state index contributed by atoms with van der Waals surface area (Å²) in [7, 11) is 0. The van der Waals surface area contributed by atoms with Crippen LogP contribution >= 0.6 is 0 Å². The lowest BCUT2D eigenvalue weighted by Crippen LogP contribution is -2.23. The smallest absolute Gasteiger partial charge is 0.165 e. The summed E-state index contributed by atoms with van der Waals surface area (Å²) in [6, 6.07) is 13.6. The summed E-state index contributed by atoms with van der Waals surface area (Å²) in [5, 5.41) is 25.0. The van der Waals surface area contributed by atoms with Gasteiger partial charge in [0.05, 0.1) is 17.3 Å². The number of aromatic nitrogens is 4. The fourth-order valence-corrected chi connectivity index (χ4v) is 3.58. The van der Waals surface area contributed by atoms with Gasteiger partial charge in [-0.15, -0.1) is 0 Å². The Morgan fingerprint density at radius 3 is 2.79 bits per heavy atom. The van der Waals surface area contributed by atoms with Gasteiger partial charge in [0.2, 0.25) is 0 Å². The number of hydrogen-bond donors (Lipinski definition) is 4. The van der Waals surface area contributed by atoms with Gasteiger partial charge in [0.25, 0.3) is 0 Å². The molecule has 7 nitrogen and oxygen atoms in total. The molecule has 1 aliphatic heterocycles. The molecule has 140 valence electrons. The van der Waals surface area contributed by atoms with Gasteiger partial charge in [0, 0.05) is 29.7 Å². The molecule has 7 heteroatoms. The van der Waals surface area contributed by atoms with E-state index in [0.717, 1.165) is 47.4 Å². The average molecular weight is 372 g/mol. The van der Waals surface area contributed by atoms with Gasteiger partial charge in [-0.3, -0.25) is 5.10 Å². The van der Waals surface area contributed by atoms with Gasteiger partial charge >= 0.3 is 0 Å². The Labute approximate surface area is 161 Å². The highest BCUT2D eigenvalue weighted by atomic mass is 16.3. The van der Waals surface area contributed by atoms with Crippen LogP contribution < -0.4 is 10.6 Å². The van der Waals surface area contributed by atoms with Crippen LogP contribution in [-0.2, 0) is 0 Å². The number of nitrogens with zero attached hydrogens (tertiary/aromatic N) is 3. The molecule has 3 heterocycles. The summed E-state index contributed by atoms with van der Waals surface area (Å²) in [6.45, 7) is 1.90. The van der Waals surface area contributed by atoms with Gasteiger partial charge in [-0.25, -0.2) is 9.97 Å². The Bertz CT molecular complexity index is 1120. The van der Waals surface area contributed by atoms with Crippen molar-refractivity contribution in [1.29, 1.82) is 0 Å². The Morgan fingerprint density at radius 1 is 1.07 bits per heavy atom. The number of anilines is 1. The van der Waals surface area contributed by atoms with E-state index in [2.05, 4.69) is 20.8 Å². The van der Waals surface area contributed by atoms with E-state index in [1.165, 1.54) is 0 Å². The number of rotatable bonds is 4. The summed E-state index contributed by atoms with van der Waals surface area (Å²) in [6.07, 6.45) is 4.69. The maximum atomic E-state index is 10.3. The monoisotopic (exact) mass is 372 g/mol. The van der Waals surface area contributed by atoms with Crippen LogP contribution in [0.5, 0.6) is 5.75 Å². The minimum atomic E-state index is 0.168. The maximum Gasteiger partial charge on any atom is 0.165 e. The number of aromatic hydroxyl groups is 1. The second kappa shape index (κ2) is 6.94. The van der Waals surface area contributed by atoms with Gasteiger partial charge < -0.3 is 15.7 Å². The molecular formula is C21H20N6O. The Balaban J connectivity index is 1.67. The molecule has 0 saturated carbocycles. The number of phenols is 1. The normalized spacial score (nSPS) is 16.5. The van der Waals surface area contributed by atoms with Crippen molar-refractivity contribution in [3.63, 3.8) is 0 Å². The SMILES string of the molecule is Oc1ccccc1-c1nc(N[C@H]2CCNC2)c2ccc(-c3cn[nH]c3)cc2n1. The van der Waals surface area contributed by atoms with Crippen molar-refractivity contribution in [2.24, 2.45) is 0 Å². The van der Waals surface area contributed by atoms with Gasteiger partial charge in [0.1, 0.15) is 11.6 Å². The summed E-state index contributed by atoms with van der Waals surface area (Å²) >= 11 is 0. The van der Waals surface area contributed by atoms with Gasteiger partial charge in [-0.2, -0.15) is 5.10 Å². The lowest BCUT2D eigenvalue weighted by atomic mass is 10.1. The molecule has 0 radical (unpaired) electrons. The van der Waals surface area contributed by atoms with Crippen LogP contribution in [0.3, 0.4) is 0 Å². The van der Waals surface area contributed by atoms with Crippen molar-refractivity contribution in [3.8, 4) is 28.3 Å². The first-order chi connectivity index (χ1) is 13.8. The van der Waals surface area contributed by atoms with Crippen LogP contribution in [0, 0.1) is 0 Å². The number of benzene rings is 2.